The van der Waals surface area contributed by atoms with Gasteiger partial charge >= 0.3 is 11.9 Å². The summed E-state index contributed by atoms with van der Waals surface area (Å²) in [6.45, 7) is 8.81. The average molecular weight is 369 g/mol. The molecule has 0 bridgehead atoms. The summed E-state index contributed by atoms with van der Waals surface area (Å²) in [6, 6.07) is 0. The highest BCUT2D eigenvalue weighted by atomic mass is 16.6. The average Bonchev–Trinajstić information content (AvgIpc) is 2.57. The van der Waals surface area contributed by atoms with Gasteiger partial charge in [-0.15, -0.1) is 0 Å². The summed E-state index contributed by atoms with van der Waals surface area (Å²) in [5.74, 6) is 1.25. The minimum absolute atomic E-state index is 0.00796. The standard InChI is InChI=1S/C22H40O4/c1-17(2)9-5-7-11-21(23)25-19-13-15-20(16-14-19)26-22(24)12-8-6-10-18(3)4/h17-20H,5-16H2,1-4H3. The molecule has 0 heterocycles. The summed E-state index contributed by atoms with van der Waals surface area (Å²) in [5, 5.41) is 0. The summed E-state index contributed by atoms with van der Waals surface area (Å²) in [4.78, 5) is 23.8. The number of carbonyl (C=O) groups excluding carboxylic acids is 2. The molecule has 1 aliphatic rings. The van der Waals surface area contributed by atoms with Crippen LogP contribution in [0, 0.1) is 11.8 Å². The van der Waals surface area contributed by atoms with Gasteiger partial charge in [0.25, 0.3) is 0 Å². The first kappa shape index (κ1) is 23.0. The van der Waals surface area contributed by atoms with E-state index in [0.29, 0.717) is 24.7 Å². The van der Waals surface area contributed by atoms with Crippen molar-refractivity contribution in [3.63, 3.8) is 0 Å². The number of hydrogen-bond acceptors (Lipinski definition) is 4. The van der Waals surface area contributed by atoms with E-state index >= 15 is 0 Å². The third-order valence-electron chi connectivity index (χ3n) is 5.04. The molecule has 0 saturated heterocycles. The van der Waals surface area contributed by atoms with E-state index in [2.05, 4.69) is 27.7 Å². The zero-order chi connectivity index (χ0) is 19.4. The monoisotopic (exact) mass is 368 g/mol. The minimum Gasteiger partial charge on any atom is -0.462 e. The lowest BCUT2D eigenvalue weighted by atomic mass is 9.95. The van der Waals surface area contributed by atoms with Crippen LogP contribution in [0.25, 0.3) is 0 Å². The van der Waals surface area contributed by atoms with Gasteiger partial charge in [0.2, 0.25) is 0 Å². The molecule has 0 N–H and O–H groups in total. The van der Waals surface area contributed by atoms with Crippen molar-refractivity contribution in [2.24, 2.45) is 11.8 Å². The first-order valence-electron chi connectivity index (χ1n) is 10.8. The highest BCUT2D eigenvalue weighted by Crippen LogP contribution is 2.25. The first-order chi connectivity index (χ1) is 12.4. The lowest BCUT2D eigenvalue weighted by Crippen LogP contribution is -2.29. The minimum atomic E-state index is -0.0700. The van der Waals surface area contributed by atoms with Crippen molar-refractivity contribution in [1.82, 2.24) is 0 Å². The molecular weight excluding hydrogens is 328 g/mol. The third kappa shape index (κ3) is 11.5. The van der Waals surface area contributed by atoms with E-state index in [9.17, 15) is 9.59 Å². The number of ether oxygens (including phenoxy) is 2. The van der Waals surface area contributed by atoms with Crippen LogP contribution in [0.2, 0.25) is 0 Å². The Bertz CT molecular complexity index is 357. The maximum Gasteiger partial charge on any atom is 0.306 e. The van der Waals surface area contributed by atoms with Crippen molar-refractivity contribution in [3.05, 3.63) is 0 Å². The fourth-order valence-corrected chi connectivity index (χ4v) is 3.40. The second-order valence-corrected chi connectivity index (χ2v) is 8.66. The van der Waals surface area contributed by atoms with Gasteiger partial charge in [0.05, 0.1) is 0 Å². The maximum absolute atomic E-state index is 11.9. The predicted molar refractivity (Wildman–Crippen MR) is 105 cm³/mol. The molecule has 0 aliphatic heterocycles. The second-order valence-electron chi connectivity index (χ2n) is 8.66. The van der Waals surface area contributed by atoms with Crippen LogP contribution in [-0.2, 0) is 19.1 Å². The van der Waals surface area contributed by atoms with E-state index in [1.165, 1.54) is 12.8 Å². The van der Waals surface area contributed by atoms with Crippen LogP contribution in [0.3, 0.4) is 0 Å². The third-order valence-corrected chi connectivity index (χ3v) is 5.04. The molecule has 0 aromatic rings. The van der Waals surface area contributed by atoms with E-state index < -0.39 is 0 Å². The molecule has 0 atom stereocenters. The van der Waals surface area contributed by atoms with Crippen LogP contribution in [0.1, 0.15) is 105 Å². The summed E-state index contributed by atoms with van der Waals surface area (Å²) in [6.07, 6.45) is 10.7. The molecule has 4 heteroatoms. The fourth-order valence-electron chi connectivity index (χ4n) is 3.40. The Balaban J connectivity index is 2.08. The van der Waals surface area contributed by atoms with Crippen molar-refractivity contribution in [3.8, 4) is 0 Å². The summed E-state index contributed by atoms with van der Waals surface area (Å²) in [5.41, 5.74) is 0. The molecule has 0 unspecified atom stereocenters. The van der Waals surface area contributed by atoms with Crippen molar-refractivity contribution in [1.29, 1.82) is 0 Å². The largest absolute Gasteiger partial charge is 0.462 e. The van der Waals surface area contributed by atoms with Crippen molar-refractivity contribution >= 4 is 11.9 Å². The Morgan fingerprint density at radius 2 is 1.04 bits per heavy atom. The topological polar surface area (TPSA) is 52.6 Å². The lowest BCUT2D eigenvalue weighted by Gasteiger charge is -2.28. The van der Waals surface area contributed by atoms with Crippen LogP contribution >= 0.6 is 0 Å². The van der Waals surface area contributed by atoms with Gasteiger partial charge < -0.3 is 9.47 Å². The van der Waals surface area contributed by atoms with Gasteiger partial charge in [-0.05, 0) is 50.4 Å². The summed E-state index contributed by atoms with van der Waals surface area (Å²) < 4.78 is 11.1. The molecule has 1 saturated carbocycles. The summed E-state index contributed by atoms with van der Waals surface area (Å²) in [7, 11) is 0. The Morgan fingerprint density at radius 3 is 1.35 bits per heavy atom. The molecular formula is C22H40O4. The molecule has 4 nitrogen and oxygen atoms in total. The number of unbranched alkanes of at least 4 members (excludes halogenated alkanes) is 2. The summed E-state index contributed by atoms with van der Waals surface area (Å²) >= 11 is 0. The van der Waals surface area contributed by atoms with Gasteiger partial charge in [-0.3, -0.25) is 9.59 Å². The van der Waals surface area contributed by atoms with Crippen LogP contribution in [0.4, 0.5) is 0 Å². The molecule has 1 aliphatic carbocycles. The molecule has 152 valence electrons. The lowest BCUT2D eigenvalue weighted by molar-refractivity contribution is -0.158. The smallest absolute Gasteiger partial charge is 0.306 e. The molecule has 0 spiro atoms. The molecule has 0 aromatic heterocycles. The van der Waals surface area contributed by atoms with Gasteiger partial charge in [0.1, 0.15) is 12.2 Å². The van der Waals surface area contributed by atoms with Gasteiger partial charge in [0.15, 0.2) is 0 Å². The molecule has 26 heavy (non-hydrogen) atoms. The zero-order valence-corrected chi connectivity index (χ0v) is 17.4. The maximum atomic E-state index is 11.9. The van der Waals surface area contributed by atoms with E-state index in [1.54, 1.807) is 0 Å². The molecule has 1 fully saturated rings. The second kappa shape index (κ2) is 13.2. The van der Waals surface area contributed by atoms with E-state index in [4.69, 9.17) is 9.47 Å². The van der Waals surface area contributed by atoms with Crippen molar-refractivity contribution in [2.75, 3.05) is 0 Å². The predicted octanol–water partition coefficient (Wildman–Crippen LogP) is 5.82. The molecule has 0 radical (unpaired) electrons. The fraction of sp³-hybridized carbons (Fsp3) is 0.909. The Labute approximate surface area is 160 Å². The Kier molecular flexibility index (Phi) is 11.6. The highest BCUT2D eigenvalue weighted by molar-refractivity contribution is 5.70. The normalized spacial score (nSPS) is 20.4. The van der Waals surface area contributed by atoms with Gasteiger partial charge in [0, 0.05) is 12.8 Å². The quantitative estimate of drug-likeness (QED) is 0.322. The molecule has 0 amide bonds. The molecule has 0 aromatic carbocycles. The van der Waals surface area contributed by atoms with Crippen molar-refractivity contribution in [2.45, 2.75) is 117 Å². The van der Waals surface area contributed by atoms with Crippen LogP contribution in [0.5, 0.6) is 0 Å². The van der Waals surface area contributed by atoms with E-state index in [0.717, 1.165) is 51.4 Å². The van der Waals surface area contributed by atoms with E-state index in [-0.39, 0.29) is 24.1 Å². The van der Waals surface area contributed by atoms with E-state index in [1.807, 2.05) is 0 Å². The van der Waals surface area contributed by atoms with Gasteiger partial charge in [-0.2, -0.15) is 0 Å². The van der Waals surface area contributed by atoms with Crippen LogP contribution in [-0.4, -0.2) is 24.1 Å². The Morgan fingerprint density at radius 1 is 0.692 bits per heavy atom. The zero-order valence-electron chi connectivity index (χ0n) is 17.4. The first-order valence-corrected chi connectivity index (χ1v) is 10.8. The van der Waals surface area contributed by atoms with Gasteiger partial charge in [-0.1, -0.05) is 53.4 Å². The molecule has 1 rings (SSSR count). The number of hydrogen-bond donors (Lipinski definition) is 0. The number of carbonyl (C=O) groups is 2. The van der Waals surface area contributed by atoms with Crippen LogP contribution in [0.15, 0.2) is 0 Å². The Hall–Kier alpha value is -1.06. The van der Waals surface area contributed by atoms with Crippen molar-refractivity contribution < 1.29 is 19.1 Å². The number of rotatable bonds is 12. The van der Waals surface area contributed by atoms with Gasteiger partial charge in [-0.25, -0.2) is 0 Å². The highest BCUT2D eigenvalue weighted by Gasteiger charge is 2.26. The SMILES string of the molecule is CC(C)CCCCC(=O)OC1CCC(OC(=O)CCCCC(C)C)CC1. The van der Waals surface area contributed by atoms with Crippen LogP contribution < -0.4 is 0 Å². The number of esters is 2.